The van der Waals surface area contributed by atoms with Crippen molar-refractivity contribution in [3.05, 3.63) is 29.8 Å². The van der Waals surface area contributed by atoms with Gasteiger partial charge in [0.25, 0.3) is 0 Å². The zero-order chi connectivity index (χ0) is 14.9. The number of nitrogens with two attached hydrogens (primary N) is 1. The fourth-order valence-corrected chi connectivity index (χ4v) is 3.45. The summed E-state index contributed by atoms with van der Waals surface area (Å²) in [5.41, 5.74) is 7.62. The molecule has 21 heavy (non-hydrogen) atoms. The molecule has 1 atom stereocenters. The van der Waals surface area contributed by atoms with Crippen LogP contribution in [0.25, 0.3) is 0 Å². The fraction of sp³-hybridized carbons (Fsp3) is 0.647. The zero-order valence-electron chi connectivity index (χ0n) is 13.2. The van der Waals surface area contributed by atoms with Gasteiger partial charge in [-0.15, -0.1) is 0 Å². The Labute approximate surface area is 127 Å². The molecule has 1 aliphatic carbocycles. The van der Waals surface area contributed by atoms with Gasteiger partial charge < -0.3 is 10.5 Å². The minimum atomic E-state index is 0.141. The van der Waals surface area contributed by atoms with Crippen LogP contribution in [0.3, 0.4) is 0 Å². The molecule has 1 aliphatic heterocycles. The molecular formula is C17H27N3O. The Morgan fingerprint density at radius 1 is 1.33 bits per heavy atom. The lowest BCUT2D eigenvalue weighted by Crippen LogP contribution is -2.53. The van der Waals surface area contributed by atoms with Crippen LogP contribution in [0.2, 0.25) is 0 Å². The van der Waals surface area contributed by atoms with Crippen molar-refractivity contribution in [2.24, 2.45) is 5.73 Å². The van der Waals surface area contributed by atoms with E-state index < -0.39 is 0 Å². The van der Waals surface area contributed by atoms with Crippen molar-refractivity contribution in [2.45, 2.75) is 37.4 Å². The molecule has 0 spiro atoms. The molecule has 2 fully saturated rings. The highest BCUT2D eigenvalue weighted by molar-refractivity contribution is 5.27. The van der Waals surface area contributed by atoms with Crippen LogP contribution in [-0.2, 0) is 6.54 Å². The van der Waals surface area contributed by atoms with Crippen molar-refractivity contribution in [2.75, 3.05) is 33.8 Å². The van der Waals surface area contributed by atoms with Gasteiger partial charge in [0.15, 0.2) is 0 Å². The molecule has 4 heteroatoms. The fourth-order valence-electron chi connectivity index (χ4n) is 3.45. The molecule has 3 rings (SSSR count). The van der Waals surface area contributed by atoms with Crippen LogP contribution in [-0.4, -0.2) is 55.2 Å². The molecule has 1 saturated carbocycles. The van der Waals surface area contributed by atoms with E-state index in [0.717, 1.165) is 31.4 Å². The van der Waals surface area contributed by atoms with Crippen LogP contribution in [0.5, 0.6) is 5.75 Å². The number of nitrogens with zero attached hydrogens (tertiary/aromatic N) is 2. The largest absolute Gasteiger partial charge is 0.497 e. The monoisotopic (exact) mass is 289 g/mol. The van der Waals surface area contributed by atoms with Gasteiger partial charge in [-0.1, -0.05) is 12.1 Å². The van der Waals surface area contributed by atoms with Crippen LogP contribution in [0.15, 0.2) is 24.3 Å². The maximum absolute atomic E-state index is 6.16. The van der Waals surface area contributed by atoms with E-state index >= 15 is 0 Å². The van der Waals surface area contributed by atoms with Crippen molar-refractivity contribution >= 4 is 0 Å². The predicted molar refractivity (Wildman–Crippen MR) is 85.5 cm³/mol. The smallest absolute Gasteiger partial charge is 0.118 e. The molecule has 0 amide bonds. The quantitative estimate of drug-likeness (QED) is 0.865. The van der Waals surface area contributed by atoms with Gasteiger partial charge in [0.05, 0.1) is 7.11 Å². The summed E-state index contributed by atoms with van der Waals surface area (Å²) in [6, 6.07) is 9.19. The normalized spacial score (nSPS) is 26.5. The standard InChI is InChI=1S/C17H27N3O/c1-19(11-14-3-7-16(21-2)8-4-14)17(12-18)9-10-20(13-17)15-5-6-15/h3-4,7-8,15H,5-6,9-13,18H2,1-2H3. The van der Waals surface area contributed by atoms with E-state index in [9.17, 15) is 0 Å². The maximum atomic E-state index is 6.16. The summed E-state index contributed by atoms with van der Waals surface area (Å²) in [4.78, 5) is 5.09. The molecule has 0 bridgehead atoms. The Kier molecular flexibility index (Phi) is 4.20. The summed E-state index contributed by atoms with van der Waals surface area (Å²) in [6.07, 6.45) is 3.94. The third kappa shape index (κ3) is 3.07. The van der Waals surface area contributed by atoms with Gasteiger partial charge >= 0.3 is 0 Å². The van der Waals surface area contributed by atoms with Crippen LogP contribution in [0, 0.1) is 0 Å². The Balaban J connectivity index is 1.65. The van der Waals surface area contributed by atoms with Crippen LogP contribution in [0.4, 0.5) is 0 Å². The molecule has 1 heterocycles. The van der Waals surface area contributed by atoms with Gasteiger partial charge in [-0.2, -0.15) is 0 Å². The SMILES string of the molecule is COc1ccc(CN(C)C2(CN)CCN(C3CC3)C2)cc1. The van der Waals surface area contributed by atoms with E-state index in [4.69, 9.17) is 10.5 Å². The lowest BCUT2D eigenvalue weighted by atomic mass is 9.96. The lowest BCUT2D eigenvalue weighted by molar-refractivity contribution is 0.120. The molecular weight excluding hydrogens is 262 g/mol. The summed E-state index contributed by atoms with van der Waals surface area (Å²) in [7, 11) is 3.92. The summed E-state index contributed by atoms with van der Waals surface area (Å²) < 4.78 is 5.22. The molecule has 116 valence electrons. The zero-order valence-corrected chi connectivity index (χ0v) is 13.2. The van der Waals surface area contributed by atoms with Gasteiger partial charge in [0, 0.05) is 37.8 Å². The second-order valence-corrected chi connectivity index (χ2v) is 6.58. The number of methoxy groups -OCH3 is 1. The number of hydrogen-bond donors (Lipinski definition) is 1. The molecule has 1 aromatic carbocycles. The highest BCUT2D eigenvalue weighted by Gasteiger charge is 2.44. The topological polar surface area (TPSA) is 41.7 Å². The van der Waals surface area contributed by atoms with Gasteiger partial charge in [-0.25, -0.2) is 0 Å². The molecule has 2 aliphatic rings. The van der Waals surface area contributed by atoms with Crippen molar-refractivity contribution in [1.82, 2.24) is 9.80 Å². The van der Waals surface area contributed by atoms with E-state index in [-0.39, 0.29) is 5.54 Å². The molecule has 4 nitrogen and oxygen atoms in total. The first-order valence-corrected chi connectivity index (χ1v) is 7.95. The van der Waals surface area contributed by atoms with Gasteiger partial charge in [-0.3, -0.25) is 9.80 Å². The van der Waals surface area contributed by atoms with E-state index in [1.54, 1.807) is 7.11 Å². The first-order valence-electron chi connectivity index (χ1n) is 7.95. The average molecular weight is 289 g/mol. The van der Waals surface area contributed by atoms with E-state index in [2.05, 4.69) is 29.0 Å². The second kappa shape index (κ2) is 5.95. The first-order chi connectivity index (χ1) is 10.2. The molecule has 2 N–H and O–H groups in total. The van der Waals surface area contributed by atoms with E-state index in [1.165, 1.54) is 31.4 Å². The van der Waals surface area contributed by atoms with E-state index in [1.807, 2.05) is 12.1 Å². The minimum absolute atomic E-state index is 0.141. The van der Waals surface area contributed by atoms with Crippen LogP contribution < -0.4 is 10.5 Å². The number of ether oxygens (including phenoxy) is 1. The van der Waals surface area contributed by atoms with Crippen molar-refractivity contribution in [3.63, 3.8) is 0 Å². The number of hydrogen-bond acceptors (Lipinski definition) is 4. The Hall–Kier alpha value is -1.10. The van der Waals surface area contributed by atoms with E-state index in [0.29, 0.717) is 0 Å². The van der Waals surface area contributed by atoms with Gasteiger partial charge in [-0.05, 0) is 44.0 Å². The second-order valence-electron chi connectivity index (χ2n) is 6.58. The summed E-state index contributed by atoms with van der Waals surface area (Å²) in [5.74, 6) is 0.913. The van der Waals surface area contributed by atoms with Gasteiger partial charge in [0.1, 0.15) is 5.75 Å². The summed E-state index contributed by atoms with van der Waals surface area (Å²) >= 11 is 0. The Bertz CT molecular complexity index is 471. The minimum Gasteiger partial charge on any atom is -0.497 e. The van der Waals surface area contributed by atoms with Crippen LogP contribution in [0.1, 0.15) is 24.8 Å². The number of rotatable bonds is 6. The third-order valence-electron chi connectivity index (χ3n) is 5.19. The highest BCUT2D eigenvalue weighted by atomic mass is 16.5. The maximum Gasteiger partial charge on any atom is 0.118 e. The molecule has 0 aromatic heterocycles. The molecule has 1 saturated heterocycles. The predicted octanol–water partition coefficient (Wildman–Crippen LogP) is 1.69. The molecule has 1 aromatic rings. The Morgan fingerprint density at radius 3 is 2.62 bits per heavy atom. The number of likely N-dealkylation sites (tertiary alicyclic amines) is 1. The van der Waals surface area contributed by atoms with Crippen molar-refractivity contribution < 1.29 is 4.74 Å². The summed E-state index contributed by atoms with van der Waals surface area (Å²) in [5, 5.41) is 0. The molecule has 1 unspecified atom stereocenters. The average Bonchev–Trinajstić information content (AvgIpc) is 3.27. The summed E-state index contributed by atoms with van der Waals surface area (Å²) in [6.45, 7) is 4.01. The number of benzene rings is 1. The van der Waals surface area contributed by atoms with Gasteiger partial charge in [0.2, 0.25) is 0 Å². The van der Waals surface area contributed by atoms with Crippen molar-refractivity contribution in [3.8, 4) is 5.75 Å². The third-order valence-corrected chi connectivity index (χ3v) is 5.19. The van der Waals surface area contributed by atoms with Crippen LogP contribution >= 0.6 is 0 Å². The lowest BCUT2D eigenvalue weighted by Gasteiger charge is -2.38. The number of likely N-dealkylation sites (N-methyl/N-ethyl adjacent to an activating group) is 1. The highest BCUT2D eigenvalue weighted by Crippen LogP contribution is 2.35. The Morgan fingerprint density at radius 2 is 2.05 bits per heavy atom. The van der Waals surface area contributed by atoms with Crippen molar-refractivity contribution in [1.29, 1.82) is 0 Å². The molecule has 0 radical (unpaired) electrons. The first kappa shape index (κ1) is 14.8.